The van der Waals surface area contributed by atoms with Crippen LogP contribution >= 0.6 is 11.6 Å². The Balaban J connectivity index is 3.15. The summed E-state index contributed by atoms with van der Waals surface area (Å²) >= 11 is 5.87. The molecule has 0 saturated carbocycles. The molecule has 0 aromatic heterocycles. The number of rotatable bonds is 2. The largest absolute Gasteiger partial charge is 0.384 e. The molecule has 12 heavy (non-hydrogen) atoms. The molecular weight excluding hydrogens is 172 g/mol. The van der Waals surface area contributed by atoms with Crippen molar-refractivity contribution < 1.29 is 5.11 Å². The molecule has 0 aliphatic heterocycles. The Bertz CT molecular complexity index is 294. The highest BCUT2D eigenvalue weighted by molar-refractivity contribution is 6.31. The summed E-state index contributed by atoms with van der Waals surface area (Å²) in [5, 5.41) is 10.1. The Morgan fingerprint density at radius 1 is 1.58 bits per heavy atom. The van der Waals surface area contributed by atoms with Gasteiger partial charge in [-0.1, -0.05) is 29.8 Å². The summed E-state index contributed by atoms with van der Waals surface area (Å²) in [7, 11) is 0. The minimum atomic E-state index is -0.622. The molecule has 0 aliphatic rings. The highest BCUT2D eigenvalue weighted by Crippen LogP contribution is 2.24. The van der Waals surface area contributed by atoms with Crippen molar-refractivity contribution in [2.45, 2.75) is 13.0 Å². The average molecular weight is 183 g/mol. The molecule has 1 aromatic rings. The van der Waals surface area contributed by atoms with E-state index >= 15 is 0 Å². The summed E-state index contributed by atoms with van der Waals surface area (Å²) < 4.78 is 0. The van der Waals surface area contributed by atoms with Gasteiger partial charge in [-0.15, -0.1) is 6.58 Å². The van der Waals surface area contributed by atoms with Crippen LogP contribution in [0.1, 0.15) is 17.2 Å². The molecule has 0 amide bonds. The van der Waals surface area contributed by atoms with Gasteiger partial charge in [-0.2, -0.15) is 0 Å². The smallest absolute Gasteiger partial charge is 0.0972 e. The first kappa shape index (κ1) is 9.30. The van der Waals surface area contributed by atoms with E-state index in [1.165, 1.54) is 6.08 Å². The summed E-state index contributed by atoms with van der Waals surface area (Å²) in [6.07, 6.45) is 0.863. The van der Waals surface area contributed by atoms with E-state index in [4.69, 9.17) is 11.6 Å². The molecule has 1 nitrogen and oxygen atoms in total. The van der Waals surface area contributed by atoms with Crippen LogP contribution in [-0.2, 0) is 0 Å². The van der Waals surface area contributed by atoms with Crippen molar-refractivity contribution in [1.29, 1.82) is 0 Å². The lowest BCUT2D eigenvalue weighted by Crippen LogP contribution is -1.95. The van der Waals surface area contributed by atoms with Gasteiger partial charge in [0.25, 0.3) is 0 Å². The fraction of sp³-hybridized carbons (Fsp3) is 0.200. The van der Waals surface area contributed by atoms with Crippen LogP contribution in [0.15, 0.2) is 30.9 Å². The summed E-state index contributed by atoms with van der Waals surface area (Å²) in [6, 6.07) is 5.46. The molecule has 0 spiro atoms. The number of halogens is 1. The van der Waals surface area contributed by atoms with E-state index in [0.29, 0.717) is 5.02 Å². The second-order valence-corrected chi connectivity index (χ2v) is 3.04. The van der Waals surface area contributed by atoms with Gasteiger partial charge >= 0.3 is 0 Å². The molecule has 0 radical (unpaired) electrons. The first-order chi connectivity index (χ1) is 5.66. The van der Waals surface area contributed by atoms with E-state index in [2.05, 4.69) is 6.58 Å². The van der Waals surface area contributed by atoms with Gasteiger partial charge in [0.1, 0.15) is 0 Å². The van der Waals surface area contributed by atoms with Crippen molar-refractivity contribution in [2.75, 3.05) is 0 Å². The summed E-state index contributed by atoms with van der Waals surface area (Å²) in [5.41, 5.74) is 1.73. The number of hydrogen-bond acceptors (Lipinski definition) is 1. The molecule has 0 heterocycles. The van der Waals surface area contributed by atoms with Crippen molar-refractivity contribution in [3.63, 3.8) is 0 Å². The molecule has 1 unspecified atom stereocenters. The molecular formula is C10H11ClO. The van der Waals surface area contributed by atoms with Crippen LogP contribution in [0.2, 0.25) is 5.02 Å². The maximum Gasteiger partial charge on any atom is 0.0972 e. The van der Waals surface area contributed by atoms with Crippen LogP contribution in [-0.4, -0.2) is 5.11 Å². The van der Waals surface area contributed by atoms with E-state index in [9.17, 15) is 5.11 Å². The third-order valence-corrected chi connectivity index (χ3v) is 2.26. The molecule has 0 bridgehead atoms. The van der Waals surface area contributed by atoms with Crippen LogP contribution in [0.3, 0.4) is 0 Å². The van der Waals surface area contributed by atoms with Gasteiger partial charge in [0.05, 0.1) is 6.10 Å². The monoisotopic (exact) mass is 182 g/mol. The molecule has 1 N–H and O–H groups in total. The molecule has 1 atom stereocenters. The third kappa shape index (κ3) is 1.68. The zero-order chi connectivity index (χ0) is 9.14. The van der Waals surface area contributed by atoms with Crippen molar-refractivity contribution in [1.82, 2.24) is 0 Å². The first-order valence-electron chi connectivity index (χ1n) is 3.72. The lowest BCUT2D eigenvalue weighted by molar-refractivity contribution is 0.228. The Labute approximate surface area is 77.3 Å². The number of benzene rings is 1. The minimum absolute atomic E-state index is 0.622. The van der Waals surface area contributed by atoms with Gasteiger partial charge in [-0.25, -0.2) is 0 Å². The Kier molecular flexibility index (Phi) is 2.90. The van der Waals surface area contributed by atoms with Crippen molar-refractivity contribution in [3.8, 4) is 0 Å². The third-order valence-electron chi connectivity index (χ3n) is 1.85. The van der Waals surface area contributed by atoms with Crippen LogP contribution < -0.4 is 0 Å². The average Bonchev–Trinajstić information content (AvgIpc) is 2.08. The second-order valence-electron chi connectivity index (χ2n) is 2.63. The van der Waals surface area contributed by atoms with E-state index < -0.39 is 6.10 Å². The zero-order valence-corrected chi connectivity index (χ0v) is 7.67. The highest BCUT2D eigenvalue weighted by atomic mass is 35.5. The van der Waals surface area contributed by atoms with Crippen LogP contribution in [0.4, 0.5) is 0 Å². The summed E-state index contributed by atoms with van der Waals surface area (Å²) in [4.78, 5) is 0. The van der Waals surface area contributed by atoms with E-state index in [0.717, 1.165) is 11.1 Å². The lowest BCUT2D eigenvalue weighted by atomic mass is 10.0. The molecule has 64 valence electrons. The molecule has 2 heteroatoms. The Hall–Kier alpha value is -0.790. The van der Waals surface area contributed by atoms with E-state index in [1.807, 2.05) is 19.1 Å². The van der Waals surface area contributed by atoms with Gasteiger partial charge in [-0.3, -0.25) is 0 Å². The molecule has 0 fully saturated rings. The number of hydrogen-bond donors (Lipinski definition) is 1. The van der Waals surface area contributed by atoms with Crippen molar-refractivity contribution in [3.05, 3.63) is 47.0 Å². The Morgan fingerprint density at radius 2 is 2.25 bits per heavy atom. The lowest BCUT2D eigenvalue weighted by Gasteiger charge is -2.09. The van der Waals surface area contributed by atoms with Crippen molar-refractivity contribution >= 4 is 11.6 Å². The minimum Gasteiger partial charge on any atom is -0.384 e. The first-order valence-corrected chi connectivity index (χ1v) is 4.10. The van der Waals surface area contributed by atoms with Crippen LogP contribution in [0.5, 0.6) is 0 Å². The topological polar surface area (TPSA) is 20.2 Å². The highest BCUT2D eigenvalue weighted by Gasteiger charge is 2.07. The fourth-order valence-electron chi connectivity index (χ4n) is 1.07. The van der Waals surface area contributed by atoms with Gasteiger partial charge in [0.15, 0.2) is 0 Å². The van der Waals surface area contributed by atoms with Gasteiger partial charge < -0.3 is 5.11 Å². The quantitative estimate of drug-likeness (QED) is 0.698. The molecule has 1 aromatic carbocycles. The van der Waals surface area contributed by atoms with Gasteiger partial charge in [-0.05, 0) is 24.1 Å². The van der Waals surface area contributed by atoms with E-state index in [-0.39, 0.29) is 0 Å². The molecule has 0 aliphatic carbocycles. The van der Waals surface area contributed by atoms with E-state index in [1.54, 1.807) is 6.07 Å². The fourth-order valence-corrected chi connectivity index (χ4v) is 1.25. The SMILES string of the molecule is C=CC(O)c1cccc(Cl)c1C. The van der Waals surface area contributed by atoms with Gasteiger partial charge in [0.2, 0.25) is 0 Å². The summed E-state index contributed by atoms with van der Waals surface area (Å²) in [6.45, 7) is 5.39. The van der Waals surface area contributed by atoms with Gasteiger partial charge in [0, 0.05) is 5.02 Å². The maximum absolute atomic E-state index is 9.46. The predicted octanol–water partition coefficient (Wildman–Crippen LogP) is 2.87. The predicted molar refractivity (Wildman–Crippen MR) is 51.3 cm³/mol. The maximum atomic E-state index is 9.46. The zero-order valence-electron chi connectivity index (χ0n) is 6.92. The second kappa shape index (κ2) is 3.74. The summed E-state index contributed by atoms with van der Waals surface area (Å²) in [5.74, 6) is 0. The Morgan fingerprint density at radius 3 is 2.83 bits per heavy atom. The normalized spacial score (nSPS) is 12.6. The number of aliphatic hydroxyl groups excluding tert-OH is 1. The van der Waals surface area contributed by atoms with Crippen LogP contribution in [0.25, 0.3) is 0 Å². The standard InChI is InChI=1S/C10H11ClO/c1-3-10(12)8-5-4-6-9(11)7(8)2/h3-6,10,12H,1H2,2H3. The molecule has 0 saturated heterocycles. The molecule has 1 rings (SSSR count). The van der Waals surface area contributed by atoms with Crippen molar-refractivity contribution in [2.24, 2.45) is 0 Å². The number of aliphatic hydroxyl groups is 1. The van der Waals surface area contributed by atoms with Crippen LogP contribution in [0, 0.1) is 6.92 Å².